The fourth-order valence-electron chi connectivity index (χ4n) is 3.86. The molecule has 38 heavy (non-hydrogen) atoms. The molecular weight excluding hydrogens is 609 g/mol. The largest absolute Gasteiger partial charge is 0.493 e. The predicted octanol–water partition coefficient (Wildman–Crippen LogP) is 6.04. The van der Waals surface area contributed by atoms with Gasteiger partial charge in [0, 0.05) is 39.6 Å². The lowest BCUT2D eigenvalue weighted by atomic mass is 10.2. The van der Waals surface area contributed by atoms with Crippen LogP contribution in [-0.2, 0) is 0 Å². The van der Waals surface area contributed by atoms with Crippen molar-refractivity contribution >= 4 is 45.2 Å². The van der Waals surface area contributed by atoms with Crippen molar-refractivity contribution in [2.45, 2.75) is 6.92 Å². The van der Waals surface area contributed by atoms with Gasteiger partial charge in [0.05, 0.1) is 12.0 Å². The van der Waals surface area contributed by atoms with E-state index in [2.05, 4.69) is 37.9 Å². The molecule has 8 nitrogen and oxygen atoms in total. The number of halogens is 3. The Balaban J connectivity index is 1.43. The molecule has 0 radical (unpaired) electrons. The highest BCUT2D eigenvalue weighted by molar-refractivity contribution is 14.1. The first kappa shape index (κ1) is 25.4. The van der Waals surface area contributed by atoms with Crippen molar-refractivity contribution in [1.82, 2.24) is 14.5 Å². The second kappa shape index (κ2) is 10.6. The Bertz CT molecular complexity index is 1720. The van der Waals surface area contributed by atoms with Gasteiger partial charge in [-0.25, -0.2) is 13.8 Å². The van der Waals surface area contributed by atoms with Crippen LogP contribution in [0.1, 0.15) is 17.3 Å². The van der Waals surface area contributed by atoms with Crippen LogP contribution >= 0.6 is 22.6 Å². The Morgan fingerprint density at radius 1 is 1.08 bits per heavy atom. The molecule has 0 aliphatic rings. The topological polar surface area (TPSA) is 98.2 Å². The van der Waals surface area contributed by atoms with Crippen molar-refractivity contribution < 1.29 is 23.0 Å². The van der Waals surface area contributed by atoms with Gasteiger partial charge in [-0.05, 0) is 78.0 Å². The first-order valence-corrected chi connectivity index (χ1v) is 12.5. The third-order valence-corrected chi connectivity index (χ3v) is 6.43. The van der Waals surface area contributed by atoms with Gasteiger partial charge in [-0.3, -0.25) is 14.2 Å². The van der Waals surface area contributed by atoms with Crippen molar-refractivity contribution in [2.24, 2.45) is 0 Å². The van der Waals surface area contributed by atoms with Crippen molar-refractivity contribution in [3.63, 3.8) is 0 Å². The number of amides is 1. The van der Waals surface area contributed by atoms with E-state index in [0.29, 0.717) is 17.1 Å². The fourth-order valence-corrected chi connectivity index (χ4v) is 4.53. The van der Waals surface area contributed by atoms with E-state index in [9.17, 15) is 18.4 Å². The Hall–Kier alpha value is -4.26. The highest BCUT2D eigenvalue weighted by atomic mass is 127. The smallest absolute Gasteiger partial charge is 0.271 e. The SMILES string of the molecule is CCOc1ccn(-c2ccc(F)cc2)c(=O)c1C(=O)Nc1ccc(Oc2ccnc3[nH]cc(I)c23)c(F)c1. The van der Waals surface area contributed by atoms with E-state index >= 15 is 0 Å². The molecular formula is C27H19F2IN4O4. The first-order valence-electron chi connectivity index (χ1n) is 11.4. The summed E-state index contributed by atoms with van der Waals surface area (Å²) in [5.74, 6) is -1.54. The summed E-state index contributed by atoms with van der Waals surface area (Å²) in [5, 5.41) is 3.27. The third kappa shape index (κ3) is 4.96. The summed E-state index contributed by atoms with van der Waals surface area (Å²) >= 11 is 2.13. The molecule has 3 aromatic heterocycles. The average Bonchev–Trinajstić information content (AvgIpc) is 3.28. The number of ether oxygens (including phenoxy) is 2. The molecule has 0 saturated carbocycles. The van der Waals surface area contributed by atoms with Gasteiger partial charge in [-0.2, -0.15) is 0 Å². The number of anilines is 1. The molecule has 1 amide bonds. The molecule has 3 heterocycles. The number of H-pyrrole nitrogens is 1. The molecule has 5 aromatic rings. The highest BCUT2D eigenvalue weighted by Crippen LogP contribution is 2.33. The molecule has 0 bridgehead atoms. The van der Waals surface area contributed by atoms with E-state index in [0.717, 1.165) is 15.0 Å². The molecule has 0 spiro atoms. The zero-order chi connectivity index (χ0) is 26.8. The summed E-state index contributed by atoms with van der Waals surface area (Å²) in [7, 11) is 0. The summed E-state index contributed by atoms with van der Waals surface area (Å²) in [4.78, 5) is 33.7. The standard InChI is InChI=1S/C27H19F2IN4O4/c1-2-37-21-10-12-34(17-6-3-15(28)4-7-17)27(36)24(21)26(35)33-16-5-8-20(18(29)13-16)38-22-9-11-31-25-23(22)19(30)14-32-25/h3-14H,2H2,1H3,(H,31,32)(H,33,35). The zero-order valence-electron chi connectivity index (χ0n) is 19.8. The maximum absolute atomic E-state index is 15.0. The van der Waals surface area contributed by atoms with Crippen LogP contribution in [0.5, 0.6) is 17.2 Å². The number of aromatic amines is 1. The summed E-state index contributed by atoms with van der Waals surface area (Å²) in [6, 6.07) is 12.3. The van der Waals surface area contributed by atoms with Gasteiger partial charge in [0.15, 0.2) is 11.6 Å². The zero-order valence-corrected chi connectivity index (χ0v) is 22.0. The van der Waals surface area contributed by atoms with Crippen LogP contribution in [0, 0.1) is 15.2 Å². The van der Waals surface area contributed by atoms with Gasteiger partial charge in [-0.15, -0.1) is 0 Å². The number of rotatable bonds is 7. The van der Waals surface area contributed by atoms with E-state index in [-0.39, 0.29) is 29.4 Å². The van der Waals surface area contributed by atoms with Crippen LogP contribution in [0.2, 0.25) is 0 Å². The highest BCUT2D eigenvalue weighted by Gasteiger charge is 2.21. The monoisotopic (exact) mass is 628 g/mol. The summed E-state index contributed by atoms with van der Waals surface area (Å²) in [5.41, 5.74) is 0.123. The molecule has 5 rings (SSSR count). The van der Waals surface area contributed by atoms with Gasteiger partial charge < -0.3 is 19.8 Å². The van der Waals surface area contributed by atoms with Gasteiger partial charge in [0.2, 0.25) is 0 Å². The number of hydrogen-bond acceptors (Lipinski definition) is 5. The molecule has 0 aliphatic heterocycles. The van der Waals surface area contributed by atoms with E-state index < -0.39 is 23.1 Å². The maximum Gasteiger partial charge on any atom is 0.271 e. The minimum atomic E-state index is -0.791. The van der Waals surface area contributed by atoms with E-state index in [1.165, 1.54) is 53.2 Å². The number of nitrogens with zero attached hydrogens (tertiary/aromatic N) is 2. The Labute approximate surface area is 228 Å². The molecule has 11 heteroatoms. The normalized spacial score (nSPS) is 10.9. The van der Waals surface area contributed by atoms with E-state index in [1.807, 2.05) is 0 Å². The van der Waals surface area contributed by atoms with Gasteiger partial charge in [0.1, 0.15) is 28.5 Å². The van der Waals surface area contributed by atoms with Crippen LogP contribution in [-0.4, -0.2) is 27.0 Å². The van der Waals surface area contributed by atoms with Crippen LogP contribution in [0.25, 0.3) is 16.7 Å². The van der Waals surface area contributed by atoms with Crippen molar-refractivity contribution in [2.75, 3.05) is 11.9 Å². The lowest BCUT2D eigenvalue weighted by molar-refractivity contribution is 0.102. The molecule has 0 fully saturated rings. The minimum absolute atomic E-state index is 0.0547. The molecule has 0 atom stereocenters. The fraction of sp³-hybridized carbons (Fsp3) is 0.0741. The lowest BCUT2D eigenvalue weighted by Crippen LogP contribution is -2.29. The summed E-state index contributed by atoms with van der Waals surface area (Å²) in [6.07, 6.45) is 4.75. The number of carbonyl (C=O) groups excluding carboxylic acids is 1. The van der Waals surface area contributed by atoms with Gasteiger partial charge in [-0.1, -0.05) is 0 Å². The number of fused-ring (bicyclic) bond motifs is 1. The van der Waals surface area contributed by atoms with Crippen LogP contribution < -0.4 is 20.3 Å². The Morgan fingerprint density at radius 2 is 1.87 bits per heavy atom. The molecule has 192 valence electrons. The molecule has 2 aromatic carbocycles. The quantitative estimate of drug-likeness (QED) is 0.214. The number of carbonyl (C=O) groups is 1. The van der Waals surface area contributed by atoms with Crippen molar-refractivity contribution in [1.29, 1.82) is 0 Å². The molecule has 0 aliphatic carbocycles. The third-order valence-electron chi connectivity index (χ3n) is 5.58. The predicted molar refractivity (Wildman–Crippen MR) is 146 cm³/mol. The number of benzene rings is 2. The molecule has 2 N–H and O–H groups in total. The second-order valence-corrected chi connectivity index (χ2v) is 9.17. The molecule has 0 saturated heterocycles. The van der Waals surface area contributed by atoms with Crippen LogP contribution in [0.3, 0.4) is 0 Å². The maximum atomic E-state index is 15.0. The number of pyridine rings is 2. The van der Waals surface area contributed by atoms with Crippen LogP contribution in [0.15, 0.2) is 78.0 Å². The number of hydrogen-bond donors (Lipinski definition) is 2. The second-order valence-electron chi connectivity index (χ2n) is 8.01. The molecule has 0 unspecified atom stereocenters. The number of aromatic nitrogens is 3. The Morgan fingerprint density at radius 3 is 2.61 bits per heavy atom. The van der Waals surface area contributed by atoms with E-state index in [1.54, 1.807) is 25.4 Å². The minimum Gasteiger partial charge on any atom is -0.493 e. The lowest BCUT2D eigenvalue weighted by Gasteiger charge is -2.14. The summed E-state index contributed by atoms with van der Waals surface area (Å²) in [6.45, 7) is 1.93. The van der Waals surface area contributed by atoms with Crippen molar-refractivity contribution in [3.05, 3.63) is 104 Å². The summed E-state index contributed by atoms with van der Waals surface area (Å²) < 4.78 is 41.7. The Kier molecular flexibility index (Phi) is 7.09. The first-order chi connectivity index (χ1) is 18.4. The number of nitrogens with one attached hydrogen (secondary N) is 2. The van der Waals surface area contributed by atoms with Gasteiger partial charge in [0.25, 0.3) is 11.5 Å². The van der Waals surface area contributed by atoms with Crippen molar-refractivity contribution in [3.8, 4) is 22.9 Å². The van der Waals surface area contributed by atoms with E-state index in [4.69, 9.17) is 9.47 Å². The van der Waals surface area contributed by atoms with Gasteiger partial charge >= 0.3 is 0 Å². The average molecular weight is 628 g/mol. The van der Waals surface area contributed by atoms with Crippen LogP contribution in [0.4, 0.5) is 14.5 Å².